The lowest BCUT2D eigenvalue weighted by Crippen LogP contribution is -2.22. The summed E-state index contributed by atoms with van der Waals surface area (Å²) in [7, 11) is 0. The van der Waals surface area contributed by atoms with Crippen LogP contribution in [0.15, 0.2) is 59.9 Å². The minimum absolute atomic E-state index is 0.125. The average molecular weight is 490 g/mol. The molecule has 0 saturated carbocycles. The Labute approximate surface area is 198 Å². The van der Waals surface area contributed by atoms with Gasteiger partial charge in [0.2, 0.25) is 5.13 Å². The van der Waals surface area contributed by atoms with E-state index in [1.807, 2.05) is 13.8 Å². The number of anilines is 1. The van der Waals surface area contributed by atoms with Crippen molar-refractivity contribution in [1.29, 1.82) is 0 Å². The smallest absolute Gasteiger partial charge is 0.416 e. The molecule has 0 spiro atoms. The molecule has 0 aliphatic heterocycles. The molecule has 0 radical (unpaired) electrons. The molecule has 10 heteroatoms. The minimum atomic E-state index is -4.55. The number of aliphatic hydroxyl groups excluding tert-OH is 1. The van der Waals surface area contributed by atoms with Crippen LogP contribution in [0.1, 0.15) is 57.9 Å². The van der Waals surface area contributed by atoms with Gasteiger partial charge in [-0.15, -0.1) is 10.2 Å². The molecule has 3 aromatic rings. The van der Waals surface area contributed by atoms with Crippen molar-refractivity contribution in [1.82, 2.24) is 10.2 Å². The fourth-order valence-corrected chi connectivity index (χ4v) is 3.92. The van der Waals surface area contributed by atoms with Gasteiger partial charge in [-0.25, -0.2) is 0 Å². The summed E-state index contributed by atoms with van der Waals surface area (Å²) in [5.41, 5.74) is 0.224. The van der Waals surface area contributed by atoms with E-state index in [9.17, 15) is 27.9 Å². The predicted molar refractivity (Wildman–Crippen MR) is 123 cm³/mol. The van der Waals surface area contributed by atoms with E-state index in [-0.39, 0.29) is 34.0 Å². The number of aliphatic hydroxyl groups is 1. The molecule has 2 N–H and O–H groups in total. The van der Waals surface area contributed by atoms with E-state index in [0.717, 1.165) is 29.0 Å². The molecule has 6 nitrogen and oxygen atoms in total. The number of alkyl halides is 3. The molecular weight excluding hydrogens is 467 g/mol. The number of aromatic nitrogens is 2. The standard InChI is InChI=1S/C24H22F3N3O3S/c1-13(2)15-4-6-17(7-5-15)22(33)20(19(32)12-31)21(28-23-30-29-14(3)34-23)16-8-10-18(11-9-16)24(25,26)27/h4-13,21,32H,1-3H3,(H,28,30)/b20-19-. The number of nitrogens with zero attached hydrogens (tertiary/aromatic N) is 2. The highest BCUT2D eigenvalue weighted by Gasteiger charge is 2.32. The zero-order valence-electron chi connectivity index (χ0n) is 18.6. The van der Waals surface area contributed by atoms with Gasteiger partial charge in [0.05, 0.1) is 17.2 Å². The van der Waals surface area contributed by atoms with Crippen LogP contribution in [0.5, 0.6) is 0 Å². The Morgan fingerprint density at radius 2 is 1.62 bits per heavy atom. The van der Waals surface area contributed by atoms with Gasteiger partial charge < -0.3 is 10.4 Å². The number of ketones is 1. The summed E-state index contributed by atoms with van der Waals surface area (Å²) in [6, 6.07) is 9.62. The van der Waals surface area contributed by atoms with Crippen molar-refractivity contribution in [3.05, 3.63) is 87.1 Å². The number of aryl methyl sites for hydroxylation is 1. The van der Waals surface area contributed by atoms with Gasteiger partial charge in [-0.1, -0.05) is 61.6 Å². The Morgan fingerprint density at radius 3 is 2.09 bits per heavy atom. The maximum absolute atomic E-state index is 13.4. The van der Waals surface area contributed by atoms with Crippen molar-refractivity contribution in [2.24, 2.45) is 0 Å². The lowest BCUT2D eigenvalue weighted by atomic mass is 9.90. The zero-order valence-corrected chi connectivity index (χ0v) is 19.4. The van der Waals surface area contributed by atoms with Crippen LogP contribution in [0.25, 0.3) is 0 Å². The molecule has 0 aliphatic carbocycles. The van der Waals surface area contributed by atoms with E-state index >= 15 is 0 Å². The summed E-state index contributed by atoms with van der Waals surface area (Å²) in [5, 5.41) is 22.1. The Balaban J connectivity index is 2.10. The van der Waals surface area contributed by atoms with Crippen LogP contribution >= 0.6 is 11.3 Å². The number of hydrogen-bond acceptors (Lipinski definition) is 7. The first-order chi connectivity index (χ1) is 16.0. The number of benzene rings is 2. The fourth-order valence-electron chi connectivity index (χ4n) is 3.30. The van der Waals surface area contributed by atoms with Crippen molar-refractivity contribution in [3.63, 3.8) is 0 Å². The Kier molecular flexibility index (Phi) is 7.51. The van der Waals surface area contributed by atoms with Gasteiger partial charge in [0.25, 0.3) is 0 Å². The van der Waals surface area contributed by atoms with Gasteiger partial charge in [-0.05, 0) is 36.1 Å². The van der Waals surface area contributed by atoms with Crippen molar-refractivity contribution in [2.75, 3.05) is 5.32 Å². The zero-order chi connectivity index (χ0) is 25.0. The van der Waals surface area contributed by atoms with E-state index in [4.69, 9.17) is 0 Å². The summed E-state index contributed by atoms with van der Waals surface area (Å²) in [6.45, 7) is 5.70. The van der Waals surface area contributed by atoms with Crippen molar-refractivity contribution < 1.29 is 27.9 Å². The molecule has 0 bridgehead atoms. The van der Waals surface area contributed by atoms with Crippen LogP contribution in [-0.4, -0.2) is 27.4 Å². The van der Waals surface area contributed by atoms with Crippen molar-refractivity contribution in [2.45, 2.75) is 38.9 Å². The van der Waals surface area contributed by atoms with E-state index in [0.29, 0.717) is 5.01 Å². The molecule has 0 fully saturated rings. The maximum atomic E-state index is 13.4. The van der Waals surface area contributed by atoms with Crippen LogP contribution in [-0.2, 0) is 11.0 Å². The fraction of sp³-hybridized carbons (Fsp3) is 0.250. The van der Waals surface area contributed by atoms with Crippen LogP contribution in [0.4, 0.5) is 18.3 Å². The van der Waals surface area contributed by atoms with Crippen molar-refractivity contribution >= 4 is 28.5 Å². The van der Waals surface area contributed by atoms with E-state index in [1.54, 1.807) is 31.2 Å². The number of halogens is 3. The number of Topliss-reactive ketones (excluding diaryl/α,β-unsaturated/α-hetero) is 1. The van der Waals surface area contributed by atoms with Crippen LogP contribution in [0.3, 0.4) is 0 Å². The van der Waals surface area contributed by atoms with Gasteiger partial charge in [-0.3, -0.25) is 9.59 Å². The highest BCUT2D eigenvalue weighted by atomic mass is 32.1. The molecule has 1 heterocycles. The third-order valence-electron chi connectivity index (χ3n) is 5.13. The monoisotopic (exact) mass is 489 g/mol. The third kappa shape index (κ3) is 5.69. The minimum Gasteiger partial charge on any atom is -0.504 e. The van der Waals surface area contributed by atoms with Gasteiger partial charge in [-0.2, -0.15) is 13.2 Å². The lowest BCUT2D eigenvalue weighted by Gasteiger charge is -2.22. The molecule has 3 rings (SSSR count). The number of carbonyl (C=O) groups is 2. The molecule has 178 valence electrons. The summed E-state index contributed by atoms with van der Waals surface area (Å²) < 4.78 is 39.2. The van der Waals surface area contributed by atoms with Gasteiger partial charge >= 0.3 is 6.18 Å². The molecule has 1 unspecified atom stereocenters. The van der Waals surface area contributed by atoms with E-state index < -0.39 is 29.3 Å². The van der Waals surface area contributed by atoms with E-state index in [1.165, 1.54) is 12.1 Å². The van der Waals surface area contributed by atoms with Gasteiger partial charge in [0, 0.05) is 5.56 Å². The molecule has 0 amide bonds. The third-order valence-corrected chi connectivity index (χ3v) is 5.90. The molecule has 2 aromatic carbocycles. The second-order valence-electron chi connectivity index (χ2n) is 7.85. The predicted octanol–water partition coefficient (Wildman–Crippen LogP) is 6.04. The van der Waals surface area contributed by atoms with Crippen LogP contribution in [0.2, 0.25) is 0 Å². The SMILES string of the molecule is Cc1nnc(NC(/C(C(=O)c2ccc(C(C)C)cc2)=C(/O)C=O)c2ccc(C(F)(F)F)cc2)s1. The summed E-state index contributed by atoms with van der Waals surface area (Å²) in [6.07, 6.45) is -4.42. The van der Waals surface area contributed by atoms with Gasteiger partial charge in [0.15, 0.2) is 17.8 Å². The summed E-state index contributed by atoms with van der Waals surface area (Å²) >= 11 is 1.15. The Morgan fingerprint density at radius 1 is 1.03 bits per heavy atom. The topological polar surface area (TPSA) is 92.2 Å². The van der Waals surface area contributed by atoms with Gasteiger partial charge in [0.1, 0.15) is 5.01 Å². The highest BCUT2D eigenvalue weighted by molar-refractivity contribution is 7.15. The number of allylic oxidation sites excluding steroid dienone is 1. The second kappa shape index (κ2) is 10.2. The van der Waals surface area contributed by atoms with Crippen LogP contribution < -0.4 is 5.32 Å². The first kappa shape index (κ1) is 25.1. The molecule has 34 heavy (non-hydrogen) atoms. The number of hydrogen-bond donors (Lipinski definition) is 2. The first-order valence-electron chi connectivity index (χ1n) is 10.3. The quantitative estimate of drug-likeness (QED) is 0.174. The molecular formula is C24H22F3N3O3S. The largest absolute Gasteiger partial charge is 0.504 e. The van der Waals surface area contributed by atoms with E-state index in [2.05, 4.69) is 15.5 Å². The molecule has 1 aromatic heterocycles. The number of carbonyl (C=O) groups excluding carboxylic acids is 2. The van der Waals surface area contributed by atoms with Crippen LogP contribution in [0, 0.1) is 6.92 Å². The number of rotatable bonds is 8. The maximum Gasteiger partial charge on any atom is 0.416 e. The molecule has 1 atom stereocenters. The summed E-state index contributed by atoms with van der Waals surface area (Å²) in [5.74, 6) is -1.26. The first-order valence-corrected chi connectivity index (χ1v) is 11.1. The normalized spacial score (nSPS) is 13.4. The summed E-state index contributed by atoms with van der Waals surface area (Å²) in [4.78, 5) is 25.0. The number of aldehydes is 1. The second-order valence-corrected chi connectivity index (χ2v) is 9.03. The highest BCUT2D eigenvalue weighted by Crippen LogP contribution is 2.34. The lowest BCUT2D eigenvalue weighted by molar-refractivity contribution is -0.137. The Bertz CT molecular complexity index is 1200. The molecule has 0 aliphatic rings. The number of nitrogens with one attached hydrogen (secondary N) is 1. The van der Waals surface area contributed by atoms with Crippen molar-refractivity contribution in [3.8, 4) is 0 Å². The Hall–Kier alpha value is -3.53. The average Bonchev–Trinajstić information content (AvgIpc) is 3.22. The molecule has 0 saturated heterocycles.